The quantitative estimate of drug-likeness (QED) is 0.568. The topological polar surface area (TPSA) is 60.5 Å². The SMILES string of the molecule is COc1ccc(C=CC(=O)Nc2ncc(Cc3ccc(F)cc3F)s2)cc1OC. The summed E-state index contributed by atoms with van der Waals surface area (Å²) in [7, 11) is 3.09. The molecule has 0 aliphatic carbocycles. The zero-order valence-electron chi connectivity index (χ0n) is 15.7. The van der Waals surface area contributed by atoms with Crippen LogP contribution in [0.2, 0.25) is 0 Å². The van der Waals surface area contributed by atoms with Crippen molar-refractivity contribution in [1.82, 2.24) is 4.98 Å². The van der Waals surface area contributed by atoms with Crippen molar-refractivity contribution in [2.45, 2.75) is 6.42 Å². The van der Waals surface area contributed by atoms with Crippen molar-refractivity contribution in [3.05, 3.63) is 76.3 Å². The number of halogens is 2. The van der Waals surface area contributed by atoms with Gasteiger partial charge in [-0.25, -0.2) is 13.8 Å². The second-order valence-corrected chi connectivity index (χ2v) is 7.10. The summed E-state index contributed by atoms with van der Waals surface area (Å²) < 4.78 is 37.2. The Bertz CT molecular complexity index is 1050. The number of ether oxygens (including phenoxy) is 2. The molecule has 1 N–H and O–H groups in total. The van der Waals surface area contributed by atoms with Crippen molar-refractivity contribution >= 4 is 28.5 Å². The van der Waals surface area contributed by atoms with Gasteiger partial charge in [-0.3, -0.25) is 10.1 Å². The first-order valence-corrected chi connectivity index (χ1v) is 9.40. The largest absolute Gasteiger partial charge is 0.493 e. The van der Waals surface area contributed by atoms with Crippen LogP contribution in [0.4, 0.5) is 13.9 Å². The smallest absolute Gasteiger partial charge is 0.250 e. The number of anilines is 1. The van der Waals surface area contributed by atoms with E-state index in [1.807, 2.05) is 0 Å². The van der Waals surface area contributed by atoms with Crippen molar-refractivity contribution in [1.29, 1.82) is 0 Å². The van der Waals surface area contributed by atoms with E-state index < -0.39 is 11.6 Å². The third-order valence-electron chi connectivity index (χ3n) is 4.00. The fourth-order valence-corrected chi connectivity index (χ4v) is 3.41. The number of benzene rings is 2. The Morgan fingerprint density at radius 1 is 1.14 bits per heavy atom. The maximum atomic E-state index is 13.8. The minimum absolute atomic E-state index is 0.265. The molecule has 0 unspecified atom stereocenters. The van der Waals surface area contributed by atoms with Gasteiger partial charge in [-0.1, -0.05) is 12.1 Å². The number of rotatable bonds is 7. The van der Waals surface area contributed by atoms with E-state index in [4.69, 9.17) is 9.47 Å². The van der Waals surface area contributed by atoms with Crippen LogP contribution in [0, 0.1) is 11.6 Å². The lowest BCUT2D eigenvalue weighted by Crippen LogP contribution is -2.07. The molecule has 8 heteroatoms. The number of nitrogens with one attached hydrogen (secondary N) is 1. The number of hydrogen-bond acceptors (Lipinski definition) is 5. The zero-order valence-corrected chi connectivity index (χ0v) is 16.6. The van der Waals surface area contributed by atoms with Crippen molar-refractivity contribution < 1.29 is 23.0 Å². The van der Waals surface area contributed by atoms with Gasteiger partial charge >= 0.3 is 0 Å². The predicted molar refractivity (Wildman–Crippen MR) is 108 cm³/mol. The molecular weight excluding hydrogens is 398 g/mol. The summed E-state index contributed by atoms with van der Waals surface area (Å²) in [5, 5.41) is 3.06. The Kier molecular flexibility index (Phi) is 6.56. The molecule has 3 rings (SSSR count). The third-order valence-corrected chi connectivity index (χ3v) is 4.91. The summed E-state index contributed by atoms with van der Waals surface area (Å²) in [6, 6.07) is 8.75. The van der Waals surface area contributed by atoms with E-state index in [1.54, 1.807) is 37.6 Å². The number of amides is 1. The second-order valence-electron chi connectivity index (χ2n) is 5.98. The lowest BCUT2D eigenvalue weighted by atomic mass is 10.1. The van der Waals surface area contributed by atoms with Crippen LogP contribution >= 0.6 is 11.3 Å². The molecule has 0 aliphatic heterocycles. The molecule has 3 aromatic rings. The van der Waals surface area contributed by atoms with E-state index in [0.717, 1.165) is 16.5 Å². The average molecular weight is 416 g/mol. The third kappa shape index (κ3) is 5.39. The molecule has 0 spiro atoms. The Labute approximate surface area is 170 Å². The molecular formula is C21H18F2N2O3S. The number of hydrogen-bond donors (Lipinski definition) is 1. The molecule has 0 radical (unpaired) electrons. The maximum Gasteiger partial charge on any atom is 0.250 e. The van der Waals surface area contributed by atoms with Crippen LogP contribution in [0.3, 0.4) is 0 Å². The lowest BCUT2D eigenvalue weighted by molar-refractivity contribution is -0.111. The summed E-state index contributed by atoms with van der Waals surface area (Å²) in [6.45, 7) is 0. The van der Waals surface area contributed by atoms with Crippen molar-refractivity contribution in [2.75, 3.05) is 19.5 Å². The average Bonchev–Trinajstić information content (AvgIpc) is 3.15. The van der Waals surface area contributed by atoms with E-state index in [0.29, 0.717) is 22.2 Å². The maximum absolute atomic E-state index is 13.8. The Morgan fingerprint density at radius 3 is 2.66 bits per heavy atom. The Balaban J connectivity index is 1.62. The van der Waals surface area contributed by atoms with Crippen molar-refractivity contribution in [3.8, 4) is 11.5 Å². The summed E-state index contributed by atoms with van der Waals surface area (Å²) in [6.07, 6.45) is 4.84. The molecule has 0 atom stereocenters. The van der Waals surface area contributed by atoms with Crippen LogP contribution in [-0.2, 0) is 11.2 Å². The molecule has 1 aromatic heterocycles. The van der Waals surface area contributed by atoms with Gasteiger partial charge in [0.05, 0.1) is 14.2 Å². The normalized spacial score (nSPS) is 10.9. The van der Waals surface area contributed by atoms with Gasteiger partial charge in [0, 0.05) is 29.6 Å². The summed E-state index contributed by atoms with van der Waals surface area (Å²) in [4.78, 5) is 17.0. The summed E-state index contributed by atoms with van der Waals surface area (Å²) in [5.41, 5.74) is 1.13. The number of aromatic nitrogens is 1. The van der Waals surface area contributed by atoms with Crippen molar-refractivity contribution in [2.24, 2.45) is 0 Å². The molecule has 0 fully saturated rings. The van der Waals surface area contributed by atoms with Gasteiger partial charge in [0.25, 0.3) is 0 Å². The standard InChI is InChI=1S/C21H18F2N2O3S/c1-27-18-7-3-13(9-19(18)28-2)4-8-20(26)25-21-24-12-16(29-21)10-14-5-6-15(22)11-17(14)23/h3-9,11-12H,10H2,1-2H3,(H,24,25,26). The van der Waals surface area contributed by atoms with E-state index in [1.165, 1.54) is 36.7 Å². The van der Waals surface area contributed by atoms with Gasteiger partial charge in [0.1, 0.15) is 11.6 Å². The number of methoxy groups -OCH3 is 2. The molecule has 1 heterocycles. The molecule has 0 saturated carbocycles. The second kappa shape index (κ2) is 9.29. The molecule has 0 saturated heterocycles. The van der Waals surface area contributed by atoms with E-state index in [2.05, 4.69) is 10.3 Å². The van der Waals surface area contributed by atoms with E-state index >= 15 is 0 Å². The van der Waals surface area contributed by atoms with Crippen LogP contribution in [0.1, 0.15) is 16.0 Å². The molecule has 150 valence electrons. The van der Waals surface area contributed by atoms with Gasteiger partial charge in [-0.05, 0) is 35.4 Å². The molecule has 2 aromatic carbocycles. The monoisotopic (exact) mass is 416 g/mol. The van der Waals surface area contributed by atoms with Gasteiger partial charge in [0.15, 0.2) is 16.6 Å². The number of carbonyl (C=O) groups is 1. The summed E-state index contributed by atoms with van der Waals surface area (Å²) in [5.74, 6) is -0.421. The van der Waals surface area contributed by atoms with Crippen LogP contribution in [0.5, 0.6) is 11.5 Å². The minimum atomic E-state index is -0.621. The first-order chi connectivity index (χ1) is 14.0. The highest BCUT2D eigenvalue weighted by molar-refractivity contribution is 7.15. The highest BCUT2D eigenvalue weighted by Gasteiger charge is 2.09. The van der Waals surface area contributed by atoms with Gasteiger partial charge in [-0.15, -0.1) is 11.3 Å². The van der Waals surface area contributed by atoms with Crippen LogP contribution in [0.15, 0.2) is 48.7 Å². The summed E-state index contributed by atoms with van der Waals surface area (Å²) >= 11 is 1.23. The number of nitrogens with zero attached hydrogens (tertiary/aromatic N) is 1. The van der Waals surface area contributed by atoms with Gasteiger partial charge in [0.2, 0.25) is 5.91 Å². The Morgan fingerprint density at radius 2 is 1.93 bits per heavy atom. The van der Waals surface area contributed by atoms with Crippen molar-refractivity contribution in [3.63, 3.8) is 0 Å². The Hall–Kier alpha value is -3.26. The predicted octanol–water partition coefficient (Wildman–Crippen LogP) is 4.68. The minimum Gasteiger partial charge on any atom is -0.493 e. The fraction of sp³-hybridized carbons (Fsp3) is 0.143. The van der Waals surface area contributed by atoms with Gasteiger partial charge in [-0.2, -0.15) is 0 Å². The molecule has 1 amide bonds. The van der Waals surface area contributed by atoms with E-state index in [-0.39, 0.29) is 12.3 Å². The zero-order chi connectivity index (χ0) is 20.8. The van der Waals surface area contributed by atoms with Crippen LogP contribution in [-0.4, -0.2) is 25.1 Å². The number of thiazole rings is 1. The molecule has 0 bridgehead atoms. The fourth-order valence-electron chi connectivity index (χ4n) is 2.58. The van der Waals surface area contributed by atoms with Crippen LogP contribution < -0.4 is 14.8 Å². The van der Waals surface area contributed by atoms with Crippen LogP contribution in [0.25, 0.3) is 6.08 Å². The van der Waals surface area contributed by atoms with E-state index in [9.17, 15) is 13.6 Å². The lowest BCUT2D eigenvalue weighted by Gasteiger charge is -2.07. The molecule has 0 aliphatic rings. The van der Waals surface area contributed by atoms with Gasteiger partial charge < -0.3 is 9.47 Å². The molecule has 29 heavy (non-hydrogen) atoms. The first-order valence-electron chi connectivity index (χ1n) is 8.58. The first kappa shape index (κ1) is 20.5. The number of carbonyl (C=O) groups excluding carboxylic acids is 1. The molecule has 5 nitrogen and oxygen atoms in total. The highest BCUT2D eigenvalue weighted by atomic mass is 32.1. The highest BCUT2D eigenvalue weighted by Crippen LogP contribution is 2.28.